The third-order valence-electron chi connectivity index (χ3n) is 5.42. The predicted octanol–water partition coefficient (Wildman–Crippen LogP) is 1.99. The molecule has 1 saturated carbocycles. The van der Waals surface area contributed by atoms with E-state index in [-0.39, 0.29) is 11.5 Å². The number of ether oxygens (including phenoxy) is 1. The van der Waals surface area contributed by atoms with Gasteiger partial charge in [-0.25, -0.2) is 0 Å². The summed E-state index contributed by atoms with van der Waals surface area (Å²) in [5, 5.41) is 0. The molecule has 1 aliphatic heterocycles. The average Bonchev–Trinajstić information content (AvgIpc) is 2.70. The summed E-state index contributed by atoms with van der Waals surface area (Å²) in [6, 6.07) is 7.71. The molecule has 2 fully saturated rings. The largest absolute Gasteiger partial charge is 0.373 e. The van der Waals surface area contributed by atoms with Crippen molar-refractivity contribution in [1.29, 1.82) is 0 Å². The van der Waals surface area contributed by atoms with Crippen molar-refractivity contribution in [3.05, 3.63) is 35.4 Å². The second kappa shape index (κ2) is 5.43. The highest BCUT2D eigenvalue weighted by atomic mass is 16.5. The summed E-state index contributed by atoms with van der Waals surface area (Å²) in [6.45, 7) is 5.45. The Bertz CT molecular complexity index is 529. The number of nitrogens with zero attached hydrogens (tertiary/aromatic N) is 1. The summed E-state index contributed by atoms with van der Waals surface area (Å²) in [5.74, 6) is 0.607. The number of nitrogens with two attached hydrogens (primary N) is 1. The molecule has 114 valence electrons. The van der Waals surface area contributed by atoms with Crippen molar-refractivity contribution in [1.82, 2.24) is 4.90 Å². The number of hydrogen-bond acceptors (Lipinski definition) is 3. The van der Waals surface area contributed by atoms with E-state index in [1.807, 2.05) is 19.2 Å². The molecule has 3 rings (SSSR count). The number of benzene rings is 1. The topological polar surface area (TPSA) is 55.6 Å². The van der Waals surface area contributed by atoms with Crippen molar-refractivity contribution in [3.63, 3.8) is 0 Å². The summed E-state index contributed by atoms with van der Waals surface area (Å²) in [5.41, 5.74) is 6.87. The molecule has 1 amide bonds. The monoisotopic (exact) mass is 288 g/mol. The fraction of sp³-hybridized carbons (Fsp3) is 0.588. The first-order valence-corrected chi connectivity index (χ1v) is 7.79. The van der Waals surface area contributed by atoms with Gasteiger partial charge in [0.05, 0.1) is 0 Å². The van der Waals surface area contributed by atoms with Gasteiger partial charge in [0.2, 0.25) is 5.91 Å². The van der Waals surface area contributed by atoms with Crippen LogP contribution in [0.15, 0.2) is 24.3 Å². The van der Waals surface area contributed by atoms with Crippen LogP contribution in [0.25, 0.3) is 0 Å². The Hall–Kier alpha value is -1.39. The fourth-order valence-electron chi connectivity index (χ4n) is 4.41. The van der Waals surface area contributed by atoms with Crippen LogP contribution in [0.4, 0.5) is 0 Å². The molecule has 1 aromatic carbocycles. The highest BCUT2D eigenvalue weighted by Crippen LogP contribution is 2.53. The van der Waals surface area contributed by atoms with E-state index in [0.717, 1.165) is 25.2 Å². The molecule has 4 nitrogen and oxygen atoms in total. The van der Waals surface area contributed by atoms with E-state index in [4.69, 9.17) is 10.5 Å². The summed E-state index contributed by atoms with van der Waals surface area (Å²) in [6.07, 6.45) is 2.38. The van der Waals surface area contributed by atoms with Gasteiger partial charge < -0.3 is 15.4 Å². The number of rotatable bonds is 4. The first-order valence-electron chi connectivity index (χ1n) is 7.79. The van der Waals surface area contributed by atoms with Crippen molar-refractivity contribution in [2.45, 2.75) is 25.4 Å². The third-order valence-corrected chi connectivity index (χ3v) is 5.42. The minimum Gasteiger partial charge on any atom is -0.373 e. The maximum atomic E-state index is 11.5. The molecular weight excluding hydrogens is 264 g/mol. The van der Waals surface area contributed by atoms with Crippen LogP contribution in [0.1, 0.15) is 35.7 Å². The predicted molar refractivity (Wildman–Crippen MR) is 82.0 cm³/mol. The summed E-state index contributed by atoms with van der Waals surface area (Å²) >= 11 is 0. The number of piperidine rings is 1. The van der Waals surface area contributed by atoms with Crippen molar-refractivity contribution in [2.75, 3.05) is 26.7 Å². The van der Waals surface area contributed by atoms with Crippen molar-refractivity contribution in [2.24, 2.45) is 17.6 Å². The van der Waals surface area contributed by atoms with Gasteiger partial charge in [-0.3, -0.25) is 4.79 Å². The molecule has 2 unspecified atom stereocenters. The lowest BCUT2D eigenvalue weighted by molar-refractivity contribution is -0.118. The maximum absolute atomic E-state index is 11.5. The number of methoxy groups -OCH3 is 1. The molecule has 21 heavy (non-hydrogen) atoms. The molecule has 2 bridgehead atoms. The third kappa shape index (κ3) is 2.17. The Morgan fingerprint density at radius 2 is 2.05 bits per heavy atom. The lowest BCUT2D eigenvalue weighted by Crippen LogP contribution is -2.52. The summed E-state index contributed by atoms with van der Waals surface area (Å²) < 4.78 is 6.10. The first kappa shape index (κ1) is 14.5. The molecule has 0 aromatic heterocycles. The van der Waals surface area contributed by atoms with Gasteiger partial charge in [-0.15, -0.1) is 0 Å². The van der Waals surface area contributed by atoms with Crippen molar-refractivity contribution >= 4 is 5.91 Å². The van der Waals surface area contributed by atoms with E-state index in [2.05, 4.69) is 17.9 Å². The van der Waals surface area contributed by atoms with Crippen LogP contribution in [0.2, 0.25) is 0 Å². The highest BCUT2D eigenvalue weighted by molar-refractivity contribution is 5.92. The number of primary amides is 1. The summed E-state index contributed by atoms with van der Waals surface area (Å²) in [4.78, 5) is 14.0. The minimum atomic E-state index is -0.374. The van der Waals surface area contributed by atoms with E-state index in [0.29, 0.717) is 17.4 Å². The maximum Gasteiger partial charge on any atom is 0.248 e. The molecular formula is C17H24N2O2. The van der Waals surface area contributed by atoms with Crippen LogP contribution < -0.4 is 5.73 Å². The van der Waals surface area contributed by atoms with Crippen LogP contribution in [0.5, 0.6) is 0 Å². The quantitative estimate of drug-likeness (QED) is 0.922. The van der Waals surface area contributed by atoms with Crippen LogP contribution in [-0.2, 0) is 10.3 Å². The number of carbonyl (C=O) groups excluding carboxylic acids is 1. The lowest BCUT2D eigenvalue weighted by atomic mass is 9.74. The Morgan fingerprint density at radius 3 is 2.57 bits per heavy atom. The van der Waals surface area contributed by atoms with E-state index in [9.17, 15) is 4.79 Å². The van der Waals surface area contributed by atoms with Crippen LogP contribution in [0, 0.1) is 11.8 Å². The molecule has 2 atom stereocenters. The van der Waals surface area contributed by atoms with Crippen molar-refractivity contribution in [3.8, 4) is 0 Å². The van der Waals surface area contributed by atoms with E-state index < -0.39 is 0 Å². The Kier molecular flexibility index (Phi) is 3.76. The van der Waals surface area contributed by atoms with Gasteiger partial charge in [-0.2, -0.15) is 0 Å². The van der Waals surface area contributed by atoms with Crippen LogP contribution in [-0.4, -0.2) is 37.6 Å². The van der Waals surface area contributed by atoms with E-state index >= 15 is 0 Å². The van der Waals surface area contributed by atoms with Gasteiger partial charge in [0.25, 0.3) is 0 Å². The average molecular weight is 288 g/mol. The zero-order valence-corrected chi connectivity index (χ0v) is 12.8. The normalized spacial score (nSPS) is 32.3. The van der Waals surface area contributed by atoms with Crippen LogP contribution >= 0.6 is 0 Å². The molecule has 1 aliphatic carbocycles. The number of hydrogen-bond donors (Lipinski definition) is 1. The number of carbonyl (C=O) groups is 1. The Morgan fingerprint density at radius 1 is 1.38 bits per heavy atom. The Balaban J connectivity index is 2.02. The molecule has 1 saturated heterocycles. The van der Waals surface area contributed by atoms with Gasteiger partial charge in [0, 0.05) is 37.6 Å². The SMILES string of the molecule is CCN1CC2CCC(C1)C2(OC)c1cccc(C(N)=O)c1. The highest BCUT2D eigenvalue weighted by Gasteiger charge is 2.55. The second-order valence-electron chi connectivity index (χ2n) is 6.27. The lowest BCUT2D eigenvalue weighted by Gasteiger charge is -2.47. The van der Waals surface area contributed by atoms with Gasteiger partial charge >= 0.3 is 0 Å². The Labute approximate surface area is 126 Å². The van der Waals surface area contributed by atoms with Crippen LogP contribution in [0.3, 0.4) is 0 Å². The van der Waals surface area contributed by atoms with E-state index in [1.165, 1.54) is 12.8 Å². The van der Waals surface area contributed by atoms with E-state index in [1.54, 1.807) is 6.07 Å². The minimum absolute atomic E-state index is 0.253. The summed E-state index contributed by atoms with van der Waals surface area (Å²) in [7, 11) is 1.81. The smallest absolute Gasteiger partial charge is 0.248 e. The van der Waals surface area contributed by atoms with Gasteiger partial charge in [0.15, 0.2) is 0 Å². The van der Waals surface area contributed by atoms with Gasteiger partial charge in [-0.1, -0.05) is 19.1 Å². The second-order valence-corrected chi connectivity index (χ2v) is 6.27. The standard InChI is InChI=1S/C17H24N2O2/c1-3-19-10-14-7-8-15(11-19)17(14,21-2)13-6-4-5-12(9-13)16(18)20/h4-6,9,14-15H,3,7-8,10-11H2,1-2H3,(H2,18,20). The zero-order valence-electron chi connectivity index (χ0n) is 12.8. The van der Waals surface area contributed by atoms with Gasteiger partial charge in [-0.05, 0) is 37.1 Å². The first-order chi connectivity index (χ1) is 10.1. The molecule has 2 N–H and O–H groups in total. The fourth-order valence-corrected chi connectivity index (χ4v) is 4.41. The molecule has 0 spiro atoms. The molecule has 4 heteroatoms. The van der Waals surface area contributed by atoms with Crippen molar-refractivity contribution < 1.29 is 9.53 Å². The molecule has 0 radical (unpaired) electrons. The molecule has 1 aromatic rings. The van der Waals surface area contributed by atoms with Gasteiger partial charge in [0.1, 0.15) is 5.60 Å². The number of amides is 1. The number of fused-ring (bicyclic) bond motifs is 2. The number of likely N-dealkylation sites (tertiary alicyclic amines) is 1. The zero-order chi connectivity index (χ0) is 15.0. The molecule has 1 heterocycles. The molecule has 2 aliphatic rings.